The average Bonchev–Trinajstić information content (AvgIpc) is 1.94. The Bertz CT molecular complexity index is 19.2. The lowest BCUT2D eigenvalue weighted by Crippen LogP contribution is -1.70. The van der Waals surface area contributed by atoms with Crippen molar-refractivity contribution in [2.75, 3.05) is 0 Å². The molecule has 0 heterocycles. The van der Waals surface area contributed by atoms with Crippen molar-refractivity contribution in [1.82, 2.24) is 0 Å². The van der Waals surface area contributed by atoms with Crippen LogP contribution in [0.25, 0.3) is 0 Å². The summed E-state index contributed by atoms with van der Waals surface area (Å²) in [6.07, 6.45) is 7.01. The predicted molar refractivity (Wildman–Crippen MR) is 45.8 cm³/mol. The van der Waals surface area contributed by atoms with Gasteiger partial charge in [-0.1, -0.05) is 59.8 Å². The third-order valence-electron chi connectivity index (χ3n) is 1.21. The molecule has 0 fully saturated rings. The highest BCUT2D eigenvalue weighted by molar-refractivity contribution is 4.35. The molecule has 0 atom stereocenters. The van der Waals surface area contributed by atoms with E-state index in [4.69, 9.17) is 0 Å². The van der Waals surface area contributed by atoms with Crippen molar-refractivity contribution < 1.29 is 0 Å². The predicted octanol–water partition coefficient (Wildman–Crippen LogP) is 4.00. The Kier molecular flexibility index (Phi) is 20.5. The van der Waals surface area contributed by atoms with Crippen LogP contribution in [0.4, 0.5) is 0 Å². The highest BCUT2D eigenvalue weighted by Crippen LogP contribution is 2.00. The monoisotopic (exact) mass is 130 g/mol. The van der Waals surface area contributed by atoms with Gasteiger partial charge in [-0.15, -0.1) is 0 Å². The third kappa shape index (κ3) is 18.0. The molecule has 0 aromatic heterocycles. The fourth-order valence-electron chi connectivity index (χ4n) is 0.677. The molecule has 0 aromatic carbocycles. The minimum absolute atomic E-state index is 1.36. The van der Waals surface area contributed by atoms with Crippen molar-refractivity contribution in [3.8, 4) is 0 Å². The normalized spacial score (nSPS) is 8.00. The summed E-state index contributed by atoms with van der Waals surface area (Å²) < 4.78 is 0. The van der Waals surface area contributed by atoms with Gasteiger partial charge in [0.2, 0.25) is 0 Å². The summed E-state index contributed by atoms with van der Waals surface area (Å²) in [5, 5.41) is 0. The Morgan fingerprint density at radius 2 is 1.00 bits per heavy atom. The summed E-state index contributed by atoms with van der Waals surface area (Å²) in [5.74, 6) is 0. The summed E-state index contributed by atoms with van der Waals surface area (Å²) in [7, 11) is 0. The lowest BCUT2D eigenvalue weighted by molar-refractivity contribution is 0.656. The van der Waals surface area contributed by atoms with E-state index < -0.39 is 0 Å². The zero-order valence-electron chi connectivity index (χ0n) is 7.54. The SMILES string of the molecule is CC.CCCCCCC. The van der Waals surface area contributed by atoms with E-state index >= 15 is 0 Å². The smallest absolute Gasteiger partial charge is 0.0533 e. The van der Waals surface area contributed by atoms with Crippen LogP contribution >= 0.6 is 0 Å². The van der Waals surface area contributed by atoms with Crippen LogP contribution in [-0.4, -0.2) is 0 Å². The van der Waals surface area contributed by atoms with Gasteiger partial charge in [0.25, 0.3) is 0 Å². The minimum Gasteiger partial charge on any atom is -0.0683 e. The van der Waals surface area contributed by atoms with E-state index in [0.29, 0.717) is 0 Å². The minimum atomic E-state index is 1.36. The lowest BCUT2D eigenvalue weighted by atomic mass is 10.2. The first-order valence-electron chi connectivity index (χ1n) is 4.41. The van der Waals surface area contributed by atoms with Crippen LogP contribution < -0.4 is 0 Å². The first kappa shape index (κ1) is 11.8. The summed E-state index contributed by atoms with van der Waals surface area (Å²) in [5.41, 5.74) is 0. The second-order valence-electron chi connectivity index (χ2n) is 2.06. The molecule has 0 bridgehead atoms. The molecule has 0 aliphatic heterocycles. The Balaban J connectivity index is 0. The van der Waals surface area contributed by atoms with Crippen LogP contribution in [0.15, 0.2) is 0 Å². The summed E-state index contributed by atoms with van der Waals surface area (Å²) >= 11 is 0. The standard InChI is InChI=1S/C7H16.C2H6/c1-3-5-7-6-4-2;1-2/h3-7H2,1-2H3;1-2H3. The topological polar surface area (TPSA) is 0 Å². The molecule has 0 aromatic rings. The molecule has 0 aliphatic carbocycles. The molecular weight excluding hydrogens is 108 g/mol. The van der Waals surface area contributed by atoms with Gasteiger partial charge in [-0.25, -0.2) is 0 Å². The van der Waals surface area contributed by atoms with Crippen LogP contribution in [0.1, 0.15) is 59.8 Å². The highest BCUT2D eigenvalue weighted by Gasteiger charge is 1.80. The number of hydrogen-bond donors (Lipinski definition) is 0. The van der Waals surface area contributed by atoms with Gasteiger partial charge in [0.1, 0.15) is 0 Å². The second kappa shape index (κ2) is 15.7. The van der Waals surface area contributed by atoms with E-state index in [-0.39, 0.29) is 0 Å². The van der Waals surface area contributed by atoms with E-state index in [1.807, 2.05) is 13.8 Å². The van der Waals surface area contributed by atoms with Crippen molar-refractivity contribution in [1.29, 1.82) is 0 Å². The molecule has 58 valence electrons. The Morgan fingerprint density at radius 1 is 0.667 bits per heavy atom. The number of rotatable bonds is 4. The quantitative estimate of drug-likeness (QED) is 0.504. The van der Waals surface area contributed by atoms with E-state index in [1.165, 1.54) is 32.1 Å². The highest BCUT2D eigenvalue weighted by atomic mass is 13.9. The maximum atomic E-state index is 2.25. The molecular formula is C9H22. The van der Waals surface area contributed by atoms with Gasteiger partial charge in [0.15, 0.2) is 0 Å². The Labute approximate surface area is 60.7 Å². The molecule has 0 heteroatoms. The molecule has 0 rings (SSSR count). The maximum absolute atomic E-state index is 2.25. The van der Waals surface area contributed by atoms with Crippen LogP contribution in [0.3, 0.4) is 0 Å². The molecule has 0 spiro atoms. The van der Waals surface area contributed by atoms with E-state index in [0.717, 1.165) is 0 Å². The Hall–Kier alpha value is 0. The largest absolute Gasteiger partial charge is 0.0683 e. The molecule has 0 unspecified atom stereocenters. The second-order valence-corrected chi connectivity index (χ2v) is 2.06. The van der Waals surface area contributed by atoms with Gasteiger partial charge >= 0.3 is 0 Å². The van der Waals surface area contributed by atoms with Crippen LogP contribution in [0.5, 0.6) is 0 Å². The zero-order chi connectivity index (χ0) is 7.54. The van der Waals surface area contributed by atoms with Crippen LogP contribution in [0, 0.1) is 0 Å². The zero-order valence-corrected chi connectivity index (χ0v) is 7.54. The van der Waals surface area contributed by atoms with Gasteiger partial charge in [-0.2, -0.15) is 0 Å². The van der Waals surface area contributed by atoms with Gasteiger partial charge < -0.3 is 0 Å². The van der Waals surface area contributed by atoms with Crippen molar-refractivity contribution >= 4 is 0 Å². The fourth-order valence-corrected chi connectivity index (χ4v) is 0.677. The third-order valence-corrected chi connectivity index (χ3v) is 1.21. The summed E-state index contributed by atoms with van der Waals surface area (Å²) in [4.78, 5) is 0. The molecule has 0 radical (unpaired) electrons. The summed E-state index contributed by atoms with van der Waals surface area (Å²) in [6.45, 7) is 8.49. The summed E-state index contributed by atoms with van der Waals surface area (Å²) in [6, 6.07) is 0. The fraction of sp³-hybridized carbons (Fsp3) is 1.00. The molecule has 9 heavy (non-hydrogen) atoms. The van der Waals surface area contributed by atoms with Crippen molar-refractivity contribution in [3.05, 3.63) is 0 Å². The molecule has 0 N–H and O–H groups in total. The van der Waals surface area contributed by atoms with Gasteiger partial charge in [-0.3, -0.25) is 0 Å². The lowest BCUT2D eigenvalue weighted by Gasteiger charge is -1.90. The molecule has 0 saturated carbocycles. The first-order chi connectivity index (χ1) is 4.41. The molecule has 0 saturated heterocycles. The van der Waals surface area contributed by atoms with E-state index in [1.54, 1.807) is 0 Å². The van der Waals surface area contributed by atoms with Crippen LogP contribution in [-0.2, 0) is 0 Å². The van der Waals surface area contributed by atoms with Gasteiger partial charge in [-0.05, 0) is 0 Å². The van der Waals surface area contributed by atoms with Crippen molar-refractivity contribution in [2.24, 2.45) is 0 Å². The van der Waals surface area contributed by atoms with Gasteiger partial charge in [0.05, 0.1) is 0 Å². The average molecular weight is 130 g/mol. The van der Waals surface area contributed by atoms with Crippen LogP contribution in [0.2, 0.25) is 0 Å². The van der Waals surface area contributed by atoms with E-state index in [2.05, 4.69) is 13.8 Å². The van der Waals surface area contributed by atoms with Crippen molar-refractivity contribution in [2.45, 2.75) is 59.8 Å². The molecule has 0 aliphatic rings. The first-order valence-corrected chi connectivity index (χ1v) is 4.41. The molecule has 0 amide bonds. The number of hydrogen-bond acceptors (Lipinski definition) is 0. The maximum Gasteiger partial charge on any atom is -0.0533 e. The Morgan fingerprint density at radius 3 is 1.22 bits per heavy atom. The number of unbranched alkanes of at least 4 members (excludes halogenated alkanes) is 4. The van der Waals surface area contributed by atoms with Gasteiger partial charge in [0, 0.05) is 0 Å². The van der Waals surface area contributed by atoms with Crippen molar-refractivity contribution in [3.63, 3.8) is 0 Å². The molecule has 0 nitrogen and oxygen atoms in total. The van der Waals surface area contributed by atoms with E-state index in [9.17, 15) is 0 Å².